The van der Waals surface area contributed by atoms with E-state index in [1.165, 1.54) is 19.3 Å². The van der Waals surface area contributed by atoms with Crippen LogP contribution >= 0.6 is 0 Å². The molecule has 1 saturated carbocycles. The number of pyridine rings is 1. The van der Waals surface area contributed by atoms with Gasteiger partial charge >= 0.3 is 0 Å². The summed E-state index contributed by atoms with van der Waals surface area (Å²) >= 11 is 0. The molecule has 82 valence electrons. The highest BCUT2D eigenvalue weighted by Crippen LogP contribution is 2.31. The summed E-state index contributed by atoms with van der Waals surface area (Å²) in [6, 6.07) is 4.00. The second-order valence-electron chi connectivity index (χ2n) is 4.44. The molecule has 1 aromatic heterocycles. The predicted octanol–water partition coefficient (Wildman–Crippen LogP) is 2.12. The van der Waals surface area contributed by atoms with Crippen LogP contribution in [-0.4, -0.2) is 17.6 Å². The average Bonchev–Trinajstić information content (AvgIpc) is 2.24. The number of hydrogen-bond acceptors (Lipinski definition) is 3. The highest BCUT2D eigenvalue weighted by molar-refractivity contribution is 5.25. The molecule has 1 aromatic rings. The highest BCUT2D eigenvalue weighted by atomic mass is 16.5. The third kappa shape index (κ3) is 2.29. The standard InChI is InChI=1S/C12H18N2O/c1-12(6-4-7-12)14-9-10-5-3-8-13-11(10)15-2/h3,5,8,14H,4,6-7,9H2,1-2H3. The molecular formula is C12H18N2O. The zero-order valence-electron chi connectivity index (χ0n) is 9.42. The van der Waals surface area contributed by atoms with Gasteiger partial charge in [-0.05, 0) is 32.3 Å². The fourth-order valence-corrected chi connectivity index (χ4v) is 1.93. The van der Waals surface area contributed by atoms with Crippen LogP contribution in [0.2, 0.25) is 0 Å². The second kappa shape index (κ2) is 4.19. The van der Waals surface area contributed by atoms with Crippen LogP contribution in [-0.2, 0) is 6.54 Å². The molecule has 3 nitrogen and oxygen atoms in total. The van der Waals surface area contributed by atoms with Crippen LogP contribution in [0.25, 0.3) is 0 Å². The molecule has 0 spiro atoms. The van der Waals surface area contributed by atoms with Gasteiger partial charge in [0.25, 0.3) is 0 Å². The molecule has 3 heteroatoms. The zero-order chi connectivity index (χ0) is 10.7. The molecule has 0 aliphatic heterocycles. The minimum absolute atomic E-state index is 0.334. The first-order valence-corrected chi connectivity index (χ1v) is 5.46. The van der Waals surface area contributed by atoms with Crippen molar-refractivity contribution in [2.24, 2.45) is 0 Å². The van der Waals surface area contributed by atoms with Crippen molar-refractivity contribution in [1.82, 2.24) is 10.3 Å². The summed E-state index contributed by atoms with van der Waals surface area (Å²) in [4.78, 5) is 4.18. The SMILES string of the molecule is COc1ncccc1CNC1(C)CCC1. The van der Waals surface area contributed by atoms with Gasteiger partial charge in [-0.2, -0.15) is 0 Å². The fraction of sp³-hybridized carbons (Fsp3) is 0.583. The molecule has 15 heavy (non-hydrogen) atoms. The molecule has 0 bridgehead atoms. The van der Waals surface area contributed by atoms with E-state index in [0.717, 1.165) is 18.0 Å². The lowest BCUT2D eigenvalue weighted by atomic mass is 9.78. The number of methoxy groups -OCH3 is 1. The van der Waals surface area contributed by atoms with Gasteiger partial charge in [-0.25, -0.2) is 4.98 Å². The summed E-state index contributed by atoms with van der Waals surface area (Å²) in [6.07, 6.45) is 5.65. The summed E-state index contributed by atoms with van der Waals surface area (Å²) in [5.41, 5.74) is 1.47. The number of nitrogens with zero attached hydrogens (tertiary/aromatic N) is 1. The lowest BCUT2D eigenvalue weighted by Gasteiger charge is -2.39. The minimum Gasteiger partial charge on any atom is -0.481 e. The van der Waals surface area contributed by atoms with Crippen LogP contribution in [0.3, 0.4) is 0 Å². The van der Waals surface area contributed by atoms with Crippen molar-refractivity contribution in [2.75, 3.05) is 7.11 Å². The van der Waals surface area contributed by atoms with Crippen LogP contribution < -0.4 is 10.1 Å². The predicted molar refractivity (Wildman–Crippen MR) is 59.9 cm³/mol. The van der Waals surface area contributed by atoms with Crippen molar-refractivity contribution in [2.45, 2.75) is 38.3 Å². The van der Waals surface area contributed by atoms with Crippen LogP contribution in [0, 0.1) is 0 Å². The van der Waals surface area contributed by atoms with E-state index in [1.54, 1.807) is 13.3 Å². The maximum absolute atomic E-state index is 5.21. The quantitative estimate of drug-likeness (QED) is 0.819. The Bertz CT molecular complexity index is 334. The molecule has 0 amide bonds. The molecule has 0 radical (unpaired) electrons. The molecule has 2 rings (SSSR count). The van der Waals surface area contributed by atoms with Gasteiger partial charge in [-0.3, -0.25) is 0 Å². The Morgan fingerprint density at radius 1 is 1.53 bits per heavy atom. The second-order valence-corrected chi connectivity index (χ2v) is 4.44. The highest BCUT2D eigenvalue weighted by Gasteiger charge is 2.30. The third-order valence-electron chi connectivity index (χ3n) is 3.21. The van der Waals surface area contributed by atoms with Crippen molar-refractivity contribution >= 4 is 0 Å². The van der Waals surface area contributed by atoms with E-state index in [0.29, 0.717) is 5.54 Å². The fourth-order valence-electron chi connectivity index (χ4n) is 1.93. The Hall–Kier alpha value is -1.09. The first kappa shape index (κ1) is 10.4. The van der Waals surface area contributed by atoms with Gasteiger partial charge in [-0.15, -0.1) is 0 Å². The topological polar surface area (TPSA) is 34.1 Å². The van der Waals surface area contributed by atoms with Crippen LogP contribution in [0.1, 0.15) is 31.7 Å². The Morgan fingerprint density at radius 3 is 2.93 bits per heavy atom. The van der Waals surface area contributed by atoms with E-state index in [4.69, 9.17) is 4.74 Å². The Kier molecular flexibility index (Phi) is 2.91. The first-order valence-electron chi connectivity index (χ1n) is 5.46. The maximum atomic E-state index is 5.21. The Balaban J connectivity index is 1.98. The van der Waals surface area contributed by atoms with Gasteiger partial charge in [0.2, 0.25) is 5.88 Å². The van der Waals surface area contributed by atoms with E-state index >= 15 is 0 Å². The van der Waals surface area contributed by atoms with Gasteiger partial charge in [-0.1, -0.05) is 6.07 Å². The van der Waals surface area contributed by atoms with Crippen molar-refractivity contribution in [3.05, 3.63) is 23.9 Å². The molecule has 1 aliphatic rings. The number of nitrogens with one attached hydrogen (secondary N) is 1. The monoisotopic (exact) mass is 206 g/mol. The largest absolute Gasteiger partial charge is 0.481 e. The molecule has 0 saturated heterocycles. The number of hydrogen-bond donors (Lipinski definition) is 1. The maximum Gasteiger partial charge on any atom is 0.217 e. The smallest absolute Gasteiger partial charge is 0.217 e. The minimum atomic E-state index is 0.334. The first-order chi connectivity index (χ1) is 7.23. The number of ether oxygens (including phenoxy) is 1. The summed E-state index contributed by atoms with van der Waals surface area (Å²) in [7, 11) is 1.66. The lowest BCUT2D eigenvalue weighted by Crippen LogP contribution is -2.47. The number of rotatable bonds is 4. The van der Waals surface area contributed by atoms with Crippen LogP contribution in [0.15, 0.2) is 18.3 Å². The van der Waals surface area contributed by atoms with Crippen molar-refractivity contribution in [3.63, 3.8) is 0 Å². The van der Waals surface area contributed by atoms with Gasteiger partial charge in [0.05, 0.1) is 7.11 Å². The van der Waals surface area contributed by atoms with Crippen molar-refractivity contribution < 1.29 is 4.74 Å². The molecule has 1 fully saturated rings. The Labute approximate surface area is 90.9 Å². The van der Waals surface area contributed by atoms with E-state index in [-0.39, 0.29) is 0 Å². The summed E-state index contributed by atoms with van der Waals surface area (Å²) in [5.74, 6) is 0.730. The van der Waals surface area contributed by atoms with E-state index < -0.39 is 0 Å². The van der Waals surface area contributed by atoms with Crippen molar-refractivity contribution in [1.29, 1.82) is 0 Å². The average molecular weight is 206 g/mol. The van der Waals surface area contributed by atoms with Crippen LogP contribution in [0.4, 0.5) is 0 Å². The lowest BCUT2D eigenvalue weighted by molar-refractivity contribution is 0.206. The van der Waals surface area contributed by atoms with E-state index in [1.807, 2.05) is 6.07 Å². The summed E-state index contributed by atoms with van der Waals surface area (Å²) in [6.45, 7) is 3.12. The molecule has 0 unspecified atom stereocenters. The van der Waals surface area contributed by atoms with E-state index in [9.17, 15) is 0 Å². The van der Waals surface area contributed by atoms with E-state index in [2.05, 4.69) is 23.3 Å². The van der Waals surface area contributed by atoms with Crippen molar-refractivity contribution in [3.8, 4) is 5.88 Å². The van der Waals surface area contributed by atoms with Gasteiger partial charge in [0.1, 0.15) is 0 Å². The van der Waals surface area contributed by atoms with Gasteiger partial charge < -0.3 is 10.1 Å². The summed E-state index contributed by atoms with van der Waals surface area (Å²) < 4.78 is 5.21. The summed E-state index contributed by atoms with van der Waals surface area (Å²) in [5, 5.41) is 3.57. The molecule has 1 heterocycles. The molecule has 1 aliphatic carbocycles. The number of aromatic nitrogens is 1. The molecule has 1 N–H and O–H groups in total. The molecule has 0 aromatic carbocycles. The normalized spacial score (nSPS) is 18.3. The Morgan fingerprint density at radius 2 is 2.33 bits per heavy atom. The van der Waals surface area contributed by atoms with Crippen LogP contribution in [0.5, 0.6) is 5.88 Å². The van der Waals surface area contributed by atoms with Gasteiger partial charge in [0, 0.05) is 23.8 Å². The van der Waals surface area contributed by atoms with Gasteiger partial charge in [0.15, 0.2) is 0 Å². The molecule has 0 atom stereocenters. The zero-order valence-corrected chi connectivity index (χ0v) is 9.42. The third-order valence-corrected chi connectivity index (χ3v) is 3.21. The molecular weight excluding hydrogens is 188 g/mol.